The molecule has 3 fully saturated rings. The van der Waals surface area contributed by atoms with E-state index in [1.165, 1.54) is 51.6 Å². The molecule has 3 aliphatic rings. The van der Waals surface area contributed by atoms with Gasteiger partial charge in [0.25, 0.3) is 0 Å². The minimum Gasteiger partial charge on any atom is -0.396 e. The molecule has 0 amide bonds. The van der Waals surface area contributed by atoms with E-state index in [9.17, 15) is 0 Å². The van der Waals surface area contributed by atoms with Crippen molar-refractivity contribution in [1.29, 1.82) is 0 Å². The number of aliphatic hydroxyl groups excluding tert-OH is 1. The first-order chi connectivity index (χ1) is 8.31. The number of rotatable bonds is 5. The molecule has 2 atom stereocenters. The lowest BCUT2D eigenvalue weighted by Gasteiger charge is -2.36. The van der Waals surface area contributed by atoms with Gasteiger partial charge in [-0.1, -0.05) is 0 Å². The number of nitrogens with one attached hydrogen (secondary N) is 1. The molecule has 1 aliphatic carbocycles. The summed E-state index contributed by atoms with van der Waals surface area (Å²) in [5.74, 6) is 0. The summed E-state index contributed by atoms with van der Waals surface area (Å²) >= 11 is 0. The van der Waals surface area contributed by atoms with Gasteiger partial charge < -0.3 is 15.3 Å². The number of hydrogen-bond acceptors (Lipinski definition) is 3. The monoisotopic (exact) mass is 238 g/mol. The molecule has 2 aliphatic heterocycles. The first-order valence-electron chi connectivity index (χ1n) is 7.40. The summed E-state index contributed by atoms with van der Waals surface area (Å²) in [5.41, 5.74) is 0.474. The molecule has 3 rings (SSSR count). The first-order valence-corrected chi connectivity index (χ1v) is 7.40. The van der Waals surface area contributed by atoms with Crippen molar-refractivity contribution in [2.24, 2.45) is 5.41 Å². The first kappa shape index (κ1) is 11.9. The molecular formula is C14H26N2O. The van der Waals surface area contributed by atoms with Crippen molar-refractivity contribution < 1.29 is 5.11 Å². The van der Waals surface area contributed by atoms with Crippen LogP contribution in [-0.4, -0.2) is 48.3 Å². The smallest absolute Gasteiger partial charge is 0.0436 e. The highest BCUT2D eigenvalue weighted by Crippen LogP contribution is 2.48. The minimum atomic E-state index is 0.364. The number of aliphatic hydroxyl groups is 1. The van der Waals surface area contributed by atoms with Crippen LogP contribution in [0, 0.1) is 5.41 Å². The van der Waals surface area contributed by atoms with Crippen LogP contribution < -0.4 is 5.32 Å². The van der Waals surface area contributed by atoms with Crippen LogP contribution >= 0.6 is 0 Å². The van der Waals surface area contributed by atoms with Crippen molar-refractivity contribution in [3.63, 3.8) is 0 Å². The molecule has 2 unspecified atom stereocenters. The summed E-state index contributed by atoms with van der Waals surface area (Å²) in [6.45, 7) is 4.15. The zero-order valence-electron chi connectivity index (χ0n) is 10.8. The Balaban J connectivity index is 1.43. The Morgan fingerprint density at radius 2 is 2.12 bits per heavy atom. The molecule has 0 radical (unpaired) electrons. The molecule has 17 heavy (non-hydrogen) atoms. The largest absolute Gasteiger partial charge is 0.396 e. The molecule has 0 spiro atoms. The second-order valence-corrected chi connectivity index (χ2v) is 6.41. The summed E-state index contributed by atoms with van der Waals surface area (Å²) in [4.78, 5) is 2.68. The fourth-order valence-electron chi connectivity index (χ4n) is 3.70. The molecule has 3 nitrogen and oxygen atoms in total. The minimum absolute atomic E-state index is 0.364. The van der Waals surface area contributed by atoms with Gasteiger partial charge in [-0.05, 0) is 63.5 Å². The van der Waals surface area contributed by atoms with Crippen LogP contribution in [0.2, 0.25) is 0 Å². The number of fused-ring (bicyclic) bond motifs is 1. The lowest BCUT2D eigenvalue weighted by atomic mass is 9.96. The Bertz CT molecular complexity index is 265. The quantitative estimate of drug-likeness (QED) is 0.759. The highest BCUT2D eigenvalue weighted by molar-refractivity contribution is 4.96. The third-order valence-electron chi connectivity index (χ3n) is 5.19. The van der Waals surface area contributed by atoms with Crippen molar-refractivity contribution in [2.45, 2.75) is 57.0 Å². The zero-order valence-corrected chi connectivity index (χ0v) is 10.8. The van der Waals surface area contributed by atoms with Gasteiger partial charge in [-0.25, -0.2) is 0 Å². The van der Waals surface area contributed by atoms with Crippen LogP contribution in [0.4, 0.5) is 0 Å². The average Bonchev–Trinajstić information content (AvgIpc) is 2.95. The molecule has 3 heteroatoms. The Hall–Kier alpha value is -0.120. The summed E-state index contributed by atoms with van der Waals surface area (Å²) < 4.78 is 0. The van der Waals surface area contributed by atoms with Crippen molar-refractivity contribution in [3.05, 3.63) is 0 Å². The van der Waals surface area contributed by atoms with Crippen molar-refractivity contribution >= 4 is 0 Å². The Kier molecular flexibility index (Phi) is 3.42. The van der Waals surface area contributed by atoms with E-state index in [0.29, 0.717) is 12.0 Å². The van der Waals surface area contributed by atoms with Crippen LogP contribution in [0.1, 0.15) is 44.9 Å². The average molecular weight is 238 g/mol. The van der Waals surface area contributed by atoms with E-state index >= 15 is 0 Å². The molecule has 0 aromatic rings. The number of piperidine rings is 1. The van der Waals surface area contributed by atoms with E-state index in [1.807, 2.05) is 0 Å². The second-order valence-electron chi connectivity index (χ2n) is 6.41. The Morgan fingerprint density at radius 3 is 2.88 bits per heavy atom. The third-order valence-corrected chi connectivity index (χ3v) is 5.19. The third kappa shape index (κ3) is 2.67. The number of nitrogens with zero attached hydrogens (tertiary/aromatic N) is 1. The van der Waals surface area contributed by atoms with E-state index in [-0.39, 0.29) is 0 Å². The molecule has 2 heterocycles. The summed E-state index contributed by atoms with van der Waals surface area (Å²) in [6, 6.07) is 1.61. The van der Waals surface area contributed by atoms with E-state index in [1.54, 1.807) is 0 Å². The van der Waals surface area contributed by atoms with Crippen LogP contribution in [0.15, 0.2) is 0 Å². The van der Waals surface area contributed by atoms with Gasteiger partial charge in [0, 0.05) is 25.2 Å². The molecule has 98 valence electrons. The van der Waals surface area contributed by atoms with Gasteiger partial charge in [-0.2, -0.15) is 0 Å². The van der Waals surface area contributed by atoms with Crippen LogP contribution in [0.3, 0.4) is 0 Å². The van der Waals surface area contributed by atoms with E-state index < -0.39 is 0 Å². The molecule has 2 saturated heterocycles. The maximum absolute atomic E-state index is 9.07. The van der Waals surface area contributed by atoms with Gasteiger partial charge in [0.05, 0.1) is 0 Å². The van der Waals surface area contributed by atoms with Crippen LogP contribution in [0.5, 0.6) is 0 Å². The topological polar surface area (TPSA) is 35.5 Å². The van der Waals surface area contributed by atoms with E-state index in [2.05, 4.69) is 10.2 Å². The second kappa shape index (κ2) is 4.87. The van der Waals surface area contributed by atoms with Gasteiger partial charge in [-0.15, -0.1) is 0 Å². The Morgan fingerprint density at radius 1 is 1.24 bits per heavy atom. The van der Waals surface area contributed by atoms with Crippen molar-refractivity contribution in [3.8, 4) is 0 Å². The fourth-order valence-corrected chi connectivity index (χ4v) is 3.70. The maximum Gasteiger partial charge on any atom is 0.0436 e. The Labute approximate surface area is 105 Å². The lowest BCUT2D eigenvalue weighted by Crippen LogP contribution is -2.46. The standard InChI is InChI=1S/C14H26N2O/c17-9-6-14(4-5-14)11-15-12-3-8-16-7-1-2-13(16)10-12/h12-13,15,17H,1-11H2. The fraction of sp³-hybridized carbons (Fsp3) is 1.00. The highest BCUT2D eigenvalue weighted by atomic mass is 16.3. The zero-order chi connectivity index (χ0) is 11.7. The van der Waals surface area contributed by atoms with Gasteiger partial charge >= 0.3 is 0 Å². The number of hydrogen-bond donors (Lipinski definition) is 2. The highest BCUT2D eigenvalue weighted by Gasteiger charge is 2.42. The molecule has 0 aromatic carbocycles. The lowest BCUT2D eigenvalue weighted by molar-refractivity contribution is 0.160. The predicted molar refractivity (Wildman–Crippen MR) is 69.0 cm³/mol. The van der Waals surface area contributed by atoms with Crippen molar-refractivity contribution in [1.82, 2.24) is 10.2 Å². The van der Waals surface area contributed by atoms with E-state index in [4.69, 9.17) is 5.11 Å². The summed E-state index contributed by atoms with van der Waals surface area (Å²) in [6.07, 6.45) is 9.15. The van der Waals surface area contributed by atoms with Crippen molar-refractivity contribution in [2.75, 3.05) is 26.2 Å². The molecule has 2 N–H and O–H groups in total. The van der Waals surface area contributed by atoms with Gasteiger partial charge in [0.2, 0.25) is 0 Å². The van der Waals surface area contributed by atoms with Gasteiger partial charge in [0.1, 0.15) is 0 Å². The van der Waals surface area contributed by atoms with Gasteiger partial charge in [-0.3, -0.25) is 0 Å². The normalized spacial score (nSPS) is 35.8. The van der Waals surface area contributed by atoms with Gasteiger partial charge in [0.15, 0.2) is 0 Å². The SMILES string of the molecule is OCCC1(CNC2CCN3CCCC3C2)CC1. The molecule has 1 saturated carbocycles. The maximum atomic E-state index is 9.07. The summed E-state index contributed by atoms with van der Waals surface area (Å²) in [7, 11) is 0. The predicted octanol–water partition coefficient (Wildman–Crippen LogP) is 1.37. The molecular weight excluding hydrogens is 212 g/mol. The van der Waals surface area contributed by atoms with E-state index in [0.717, 1.165) is 25.0 Å². The summed E-state index contributed by atoms with van der Waals surface area (Å²) in [5, 5.41) is 12.9. The van der Waals surface area contributed by atoms with Crippen LogP contribution in [-0.2, 0) is 0 Å². The molecule has 0 bridgehead atoms. The van der Waals surface area contributed by atoms with Crippen LogP contribution in [0.25, 0.3) is 0 Å². The molecule has 0 aromatic heterocycles.